The lowest BCUT2D eigenvalue weighted by molar-refractivity contribution is -0.140. The molecule has 0 radical (unpaired) electrons. The van der Waals surface area contributed by atoms with Crippen LogP contribution in [0.4, 0.5) is 5.69 Å². The summed E-state index contributed by atoms with van der Waals surface area (Å²) in [6.45, 7) is 6.41. The second-order valence-corrected chi connectivity index (χ2v) is 9.17. The predicted molar refractivity (Wildman–Crippen MR) is 138 cm³/mol. The number of nitrogens with one attached hydrogen (secondary N) is 1. The van der Waals surface area contributed by atoms with Gasteiger partial charge < -0.3 is 14.8 Å². The van der Waals surface area contributed by atoms with Crippen LogP contribution in [0, 0.1) is 13.8 Å². The van der Waals surface area contributed by atoms with E-state index in [-0.39, 0.29) is 6.61 Å². The quantitative estimate of drug-likeness (QED) is 0.287. The van der Waals surface area contributed by atoms with Gasteiger partial charge in [-0.05, 0) is 62.3 Å². The summed E-state index contributed by atoms with van der Waals surface area (Å²) >= 11 is 7.25. The number of hydrogen-bond donors (Lipinski definition) is 1. The van der Waals surface area contributed by atoms with Crippen molar-refractivity contribution in [2.75, 3.05) is 25.2 Å². The number of aromatic nitrogens is 2. The minimum atomic E-state index is -0.544. The molecule has 1 atom stereocenters. The second kappa shape index (κ2) is 10.4. The number of carbonyl (C=O) groups excluding carboxylic acids is 1. The Balaban J connectivity index is 1.78. The van der Waals surface area contributed by atoms with Gasteiger partial charge in [-0.25, -0.2) is 9.78 Å². The molecule has 176 valence electrons. The third kappa shape index (κ3) is 4.86. The Kier molecular flexibility index (Phi) is 7.35. The molecule has 0 amide bonds. The van der Waals surface area contributed by atoms with Crippen LogP contribution in [0.1, 0.15) is 29.8 Å². The molecule has 7 nitrogen and oxygen atoms in total. The van der Waals surface area contributed by atoms with Crippen LogP contribution in [-0.2, 0) is 14.3 Å². The van der Waals surface area contributed by atoms with Crippen molar-refractivity contribution in [3.63, 3.8) is 0 Å². The van der Waals surface area contributed by atoms with Crippen LogP contribution >= 0.6 is 23.6 Å². The zero-order valence-corrected chi connectivity index (χ0v) is 21.1. The Morgan fingerprint density at radius 1 is 1.21 bits per heavy atom. The number of benzene rings is 1. The lowest BCUT2D eigenvalue weighted by Crippen LogP contribution is -2.48. The number of allylic oxidation sites excluding steroid dienone is 1. The minimum Gasteiger partial charge on any atom is -0.460 e. The highest BCUT2D eigenvalue weighted by atomic mass is 32.1. The number of aryl methyl sites for hydroxylation is 2. The molecule has 9 heteroatoms. The van der Waals surface area contributed by atoms with Gasteiger partial charge in [0, 0.05) is 24.4 Å². The zero-order valence-electron chi connectivity index (χ0n) is 19.5. The average Bonchev–Trinajstić information content (AvgIpc) is 3.32. The maximum absolute atomic E-state index is 13.3. The van der Waals surface area contributed by atoms with Crippen molar-refractivity contribution in [1.29, 1.82) is 0 Å². The molecule has 34 heavy (non-hydrogen) atoms. The molecular weight excluding hydrogens is 468 g/mol. The van der Waals surface area contributed by atoms with Gasteiger partial charge in [-0.15, -0.1) is 11.3 Å². The SMILES string of the molecule is COCCOC(=O)C1=C(C)N(c2cc(C)ccc2C)C(=S)N[C@@H]1c1csc(-c2ccccn2)n1. The zero-order chi connectivity index (χ0) is 24.2. The second-order valence-electron chi connectivity index (χ2n) is 7.93. The van der Waals surface area contributed by atoms with E-state index < -0.39 is 12.0 Å². The molecule has 1 N–H and O–H groups in total. The first-order valence-electron chi connectivity index (χ1n) is 10.8. The standard InChI is InChI=1S/C25H26N4O3S2/c1-15-8-9-16(2)20(13-15)29-17(3)21(24(30)32-12-11-31-4)22(28-25(29)33)19-14-34-23(27-19)18-7-5-6-10-26-18/h5-10,13-14,22H,11-12H2,1-4H3,(H,28,33)/t22-/m1/s1. The predicted octanol–water partition coefficient (Wildman–Crippen LogP) is 4.72. The third-order valence-electron chi connectivity index (χ3n) is 5.53. The largest absolute Gasteiger partial charge is 0.460 e. The number of methoxy groups -OCH3 is 1. The Morgan fingerprint density at radius 2 is 2.03 bits per heavy atom. The van der Waals surface area contributed by atoms with Crippen molar-refractivity contribution in [1.82, 2.24) is 15.3 Å². The first-order chi connectivity index (χ1) is 16.4. The molecular formula is C25H26N4O3S2. The highest BCUT2D eigenvalue weighted by Gasteiger charge is 2.37. The number of nitrogens with zero attached hydrogens (tertiary/aromatic N) is 3. The molecule has 0 unspecified atom stereocenters. The van der Waals surface area contributed by atoms with Crippen molar-refractivity contribution in [2.24, 2.45) is 0 Å². The number of carbonyl (C=O) groups is 1. The smallest absolute Gasteiger partial charge is 0.338 e. The van der Waals surface area contributed by atoms with Gasteiger partial charge in [0.05, 0.1) is 29.3 Å². The molecule has 1 aromatic carbocycles. The Labute approximate surface area is 208 Å². The molecule has 1 aliphatic heterocycles. The van der Waals surface area contributed by atoms with Crippen molar-refractivity contribution in [2.45, 2.75) is 26.8 Å². The van der Waals surface area contributed by atoms with Crippen LogP contribution in [-0.4, -0.2) is 41.4 Å². The van der Waals surface area contributed by atoms with Gasteiger partial charge in [-0.2, -0.15) is 0 Å². The molecule has 3 aromatic rings. The van der Waals surface area contributed by atoms with Crippen molar-refractivity contribution in [3.05, 3.63) is 76.1 Å². The van der Waals surface area contributed by atoms with Gasteiger partial charge in [0.15, 0.2) is 5.11 Å². The topological polar surface area (TPSA) is 76.6 Å². The summed E-state index contributed by atoms with van der Waals surface area (Å²) in [5.74, 6) is -0.433. The van der Waals surface area contributed by atoms with E-state index in [1.807, 2.05) is 55.3 Å². The van der Waals surface area contributed by atoms with Crippen molar-refractivity contribution < 1.29 is 14.3 Å². The van der Waals surface area contributed by atoms with Crippen LogP contribution in [0.25, 0.3) is 10.7 Å². The molecule has 0 fully saturated rings. The normalized spacial score (nSPS) is 15.9. The lowest BCUT2D eigenvalue weighted by Gasteiger charge is -2.37. The van der Waals surface area contributed by atoms with Gasteiger partial charge in [-0.1, -0.05) is 18.2 Å². The van der Waals surface area contributed by atoms with Gasteiger partial charge in [-0.3, -0.25) is 9.88 Å². The van der Waals surface area contributed by atoms with Crippen molar-refractivity contribution >= 4 is 40.3 Å². The summed E-state index contributed by atoms with van der Waals surface area (Å²) in [4.78, 5) is 24.4. The summed E-state index contributed by atoms with van der Waals surface area (Å²) in [5.41, 5.74) is 5.70. The summed E-state index contributed by atoms with van der Waals surface area (Å²) in [7, 11) is 1.57. The molecule has 0 saturated heterocycles. The monoisotopic (exact) mass is 494 g/mol. The van der Waals surface area contributed by atoms with E-state index in [2.05, 4.69) is 22.4 Å². The molecule has 0 aliphatic carbocycles. The average molecular weight is 495 g/mol. The highest BCUT2D eigenvalue weighted by molar-refractivity contribution is 7.80. The molecule has 0 bridgehead atoms. The number of anilines is 1. The Hall–Kier alpha value is -3.14. The molecule has 3 heterocycles. The Bertz CT molecular complexity index is 1240. The summed E-state index contributed by atoms with van der Waals surface area (Å²) in [5, 5.41) is 6.53. The summed E-state index contributed by atoms with van der Waals surface area (Å²) in [6.07, 6.45) is 1.73. The molecule has 0 spiro atoms. The number of thiocarbonyl (C=S) groups is 1. The van der Waals surface area contributed by atoms with Gasteiger partial charge in [0.1, 0.15) is 17.7 Å². The fourth-order valence-corrected chi connectivity index (χ4v) is 4.97. The Morgan fingerprint density at radius 3 is 2.76 bits per heavy atom. The van der Waals surface area contributed by atoms with E-state index in [1.54, 1.807) is 13.3 Å². The van der Waals surface area contributed by atoms with Crippen LogP contribution in [0.15, 0.2) is 59.2 Å². The molecule has 0 saturated carbocycles. The maximum Gasteiger partial charge on any atom is 0.338 e. The fourth-order valence-electron chi connectivity index (χ4n) is 3.80. The molecule has 1 aliphatic rings. The number of thiazole rings is 1. The number of esters is 1. The fraction of sp³-hybridized carbons (Fsp3) is 0.280. The van der Waals surface area contributed by atoms with Crippen molar-refractivity contribution in [3.8, 4) is 10.7 Å². The van der Waals surface area contributed by atoms with Crippen LogP contribution in [0.5, 0.6) is 0 Å². The van der Waals surface area contributed by atoms with E-state index in [4.69, 9.17) is 26.7 Å². The lowest BCUT2D eigenvalue weighted by atomic mass is 9.98. The van der Waals surface area contributed by atoms with E-state index in [9.17, 15) is 4.79 Å². The number of rotatable bonds is 7. The van der Waals surface area contributed by atoms with Gasteiger partial charge >= 0.3 is 5.97 Å². The van der Waals surface area contributed by atoms with Crippen LogP contribution < -0.4 is 10.2 Å². The van der Waals surface area contributed by atoms with Crippen LogP contribution in [0.2, 0.25) is 0 Å². The first kappa shape index (κ1) is 24.0. The third-order valence-corrected chi connectivity index (χ3v) is 6.72. The van der Waals surface area contributed by atoms with E-state index in [0.29, 0.717) is 28.7 Å². The number of ether oxygens (including phenoxy) is 2. The van der Waals surface area contributed by atoms with E-state index >= 15 is 0 Å². The summed E-state index contributed by atoms with van der Waals surface area (Å²) < 4.78 is 10.6. The number of hydrogen-bond acceptors (Lipinski definition) is 7. The maximum atomic E-state index is 13.3. The van der Waals surface area contributed by atoms with Gasteiger partial charge in [0.25, 0.3) is 0 Å². The highest BCUT2D eigenvalue weighted by Crippen LogP contribution is 2.37. The van der Waals surface area contributed by atoms with Crippen LogP contribution in [0.3, 0.4) is 0 Å². The van der Waals surface area contributed by atoms with E-state index in [0.717, 1.165) is 27.5 Å². The summed E-state index contributed by atoms with van der Waals surface area (Å²) in [6, 6.07) is 11.3. The molecule has 2 aromatic heterocycles. The van der Waals surface area contributed by atoms with E-state index in [1.165, 1.54) is 11.3 Å². The minimum absolute atomic E-state index is 0.156. The van der Waals surface area contributed by atoms with Gasteiger partial charge in [0.2, 0.25) is 0 Å². The molecule has 4 rings (SSSR count). The first-order valence-corrected chi connectivity index (χ1v) is 12.1. The number of pyridine rings is 1.